The maximum absolute atomic E-state index is 5.51. The normalized spacial score (nSPS) is 22.6. The Balaban J connectivity index is 2.14. The van der Waals surface area contributed by atoms with E-state index in [1.54, 1.807) is 14.2 Å². The summed E-state index contributed by atoms with van der Waals surface area (Å²) in [6.07, 6.45) is 3.88. The van der Waals surface area contributed by atoms with Crippen LogP contribution in [0.2, 0.25) is 0 Å². The highest BCUT2D eigenvalue weighted by atomic mass is 16.5. The monoisotopic (exact) mass is 277 g/mol. The summed E-state index contributed by atoms with van der Waals surface area (Å²) in [6.45, 7) is 6.92. The zero-order valence-corrected chi connectivity index (χ0v) is 13.3. The van der Waals surface area contributed by atoms with Gasteiger partial charge in [-0.15, -0.1) is 0 Å². The molecule has 1 fully saturated rings. The first kappa shape index (κ1) is 15.2. The van der Waals surface area contributed by atoms with Gasteiger partial charge in [0.25, 0.3) is 0 Å². The average Bonchev–Trinajstić information content (AvgIpc) is 2.77. The van der Waals surface area contributed by atoms with Crippen LogP contribution in [0.5, 0.6) is 11.5 Å². The van der Waals surface area contributed by atoms with Crippen molar-refractivity contribution in [2.24, 2.45) is 5.41 Å². The van der Waals surface area contributed by atoms with Crippen molar-refractivity contribution < 1.29 is 9.47 Å². The molecular formula is C17H27NO2. The number of benzene rings is 1. The molecule has 1 aliphatic carbocycles. The van der Waals surface area contributed by atoms with Crippen molar-refractivity contribution in [3.8, 4) is 11.5 Å². The third kappa shape index (κ3) is 3.09. The van der Waals surface area contributed by atoms with E-state index in [0.717, 1.165) is 11.5 Å². The highest BCUT2D eigenvalue weighted by molar-refractivity contribution is 5.42. The predicted octanol–water partition coefficient (Wildman–Crippen LogP) is 3.93. The van der Waals surface area contributed by atoms with Crippen LogP contribution in [0.15, 0.2) is 18.2 Å². The molecule has 112 valence electrons. The zero-order valence-electron chi connectivity index (χ0n) is 13.3. The molecule has 0 saturated heterocycles. The molecule has 3 heteroatoms. The number of rotatable bonds is 5. The SMILES string of the molecule is COc1ccc(C(C)NC2CCCC2(C)C)c(OC)c1. The van der Waals surface area contributed by atoms with Gasteiger partial charge in [-0.25, -0.2) is 0 Å². The number of ether oxygens (including phenoxy) is 2. The molecule has 0 aliphatic heterocycles. The van der Waals surface area contributed by atoms with Gasteiger partial charge in [-0.2, -0.15) is 0 Å². The van der Waals surface area contributed by atoms with Crippen LogP contribution in [0.1, 0.15) is 51.6 Å². The predicted molar refractivity (Wildman–Crippen MR) is 82.5 cm³/mol. The van der Waals surface area contributed by atoms with Gasteiger partial charge in [-0.3, -0.25) is 0 Å². The van der Waals surface area contributed by atoms with Gasteiger partial charge in [-0.1, -0.05) is 26.3 Å². The molecule has 1 N–H and O–H groups in total. The molecule has 0 heterocycles. The topological polar surface area (TPSA) is 30.5 Å². The number of hydrogen-bond acceptors (Lipinski definition) is 3. The van der Waals surface area contributed by atoms with Crippen molar-refractivity contribution in [1.29, 1.82) is 0 Å². The number of nitrogens with one attached hydrogen (secondary N) is 1. The molecule has 0 bridgehead atoms. The van der Waals surface area contributed by atoms with Gasteiger partial charge < -0.3 is 14.8 Å². The first-order valence-electron chi connectivity index (χ1n) is 7.46. The molecule has 1 saturated carbocycles. The van der Waals surface area contributed by atoms with Crippen molar-refractivity contribution in [2.75, 3.05) is 14.2 Å². The van der Waals surface area contributed by atoms with E-state index in [4.69, 9.17) is 9.47 Å². The summed E-state index contributed by atoms with van der Waals surface area (Å²) in [4.78, 5) is 0. The van der Waals surface area contributed by atoms with Crippen LogP contribution in [-0.4, -0.2) is 20.3 Å². The molecule has 2 unspecified atom stereocenters. The van der Waals surface area contributed by atoms with E-state index in [0.29, 0.717) is 11.5 Å². The van der Waals surface area contributed by atoms with Crippen LogP contribution < -0.4 is 14.8 Å². The average molecular weight is 277 g/mol. The maximum atomic E-state index is 5.51. The second-order valence-electron chi connectivity index (χ2n) is 6.43. The van der Waals surface area contributed by atoms with E-state index in [2.05, 4.69) is 32.2 Å². The van der Waals surface area contributed by atoms with Gasteiger partial charge in [0.15, 0.2) is 0 Å². The van der Waals surface area contributed by atoms with Crippen LogP contribution >= 0.6 is 0 Å². The van der Waals surface area contributed by atoms with Gasteiger partial charge >= 0.3 is 0 Å². The highest BCUT2D eigenvalue weighted by Gasteiger charge is 2.35. The highest BCUT2D eigenvalue weighted by Crippen LogP contribution is 2.39. The Morgan fingerprint density at radius 2 is 2.00 bits per heavy atom. The Morgan fingerprint density at radius 1 is 1.25 bits per heavy atom. The van der Waals surface area contributed by atoms with Crippen LogP contribution in [0.4, 0.5) is 0 Å². The van der Waals surface area contributed by atoms with Gasteiger partial charge in [0.1, 0.15) is 11.5 Å². The Hall–Kier alpha value is -1.22. The molecule has 0 aromatic heterocycles. The molecule has 1 aliphatic rings. The van der Waals surface area contributed by atoms with E-state index in [-0.39, 0.29) is 6.04 Å². The molecule has 0 spiro atoms. The lowest BCUT2D eigenvalue weighted by Gasteiger charge is -2.31. The Bertz CT molecular complexity index is 456. The lowest BCUT2D eigenvalue weighted by Crippen LogP contribution is -2.39. The van der Waals surface area contributed by atoms with E-state index in [1.165, 1.54) is 24.8 Å². The lowest BCUT2D eigenvalue weighted by atomic mass is 9.86. The van der Waals surface area contributed by atoms with E-state index in [1.807, 2.05) is 12.1 Å². The summed E-state index contributed by atoms with van der Waals surface area (Å²) in [5.41, 5.74) is 1.57. The van der Waals surface area contributed by atoms with Gasteiger partial charge in [0, 0.05) is 23.7 Å². The van der Waals surface area contributed by atoms with Gasteiger partial charge in [0.2, 0.25) is 0 Å². The summed E-state index contributed by atoms with van der Waals surface area (Å²) in [6, 6.07) is 6.89. The molecule has 2 rings (SSSR count). The summed E-state index contributed by atoms with van der Waals surface area (Å²) in [5, 5.41) is 3.78. The van der Waals surface area contributed by atoms with Crippen LogP contribution in [0.25, 0.3) is 0 Å². The molecule has 1 aromatic rings. The van der Waals surface area contributed by atoms with Crippen molar-refractivity contribution in [3.05, 3.63) is 23.8 Å². The van der Waals surface area contributed by atoms with Crippen molar-refractivity contribution in [1.82, 2.24) is 5.32 Å². The second-order valence-corrected chi connectivity index (χ2v) is 6.43. The van der Waals surface area contributed by atoms with E-state index >= 15 is 0 Å². The standard InChI is InChI=1S/C17H27NO2/c1-12(18-16-7-6-10-17(16,2)3)14-9-8-13(19-4)11-15(14)20-5/h8-9,11-12,16,18H,6-7,10H2,1-5H3. The summed E-state index contributed by atoms with van der Waals surface area (Å²) >= 11 is 0. The lowest BCUT2D eigenvalue weighted by molar-refractivity contribution is 0.264. The maximum Gasteiger partial charge on any atom is 0.127 e. The third-order valence-electron chi connectivity index (χ3n) is 4.62. The van der Waals surface area contributed by atoms with Crippen molar-refractivity contribution in [2.45, 2.75) is 52.1 Å². The molecule has 0 amide bonds. The molecule has 1 aromatic carbocycles. The summed E-state index contributed by atoms with van der Waals surface area (Å²) in [5.74, 6) is 1.72. The first-order valence-corrected chi connectivity index (χ1v) is 7.46. The molecular weight excluding hydrogens is 250 g/mol. The Morgan fingerprint density at radius 3 is 2.55 bits per heavy atom. The fraction of sp³-hybridized carbons (Fsp3) is 0.647. The summed E-state index contributed by atoms with van der Waals surface area (Å²) < 4.78 is 10.8. The van der Waals surface area contributed by atoms with Crippen LogP contribution in [0.3, 0.4) is 0 Å². The number of hydrogen-bond donors (Lipinski definition) is 1. The third-order valence-corrected chi connectivity index (χ3v) is 4.62. The quantitative estimate of drug-likeness (QED) is 0.884. The minimum atomic E-state index is 0.276. The van der Waals surface area contributed by atoms with Crippen LogP contribution in [0, 0.1) is 5.41 Å². The largest absolute Gasteiger partial charge is 0.497 e. The van der Waals surface area contributed by atoms with Gasteiger partial charge in [-0.05, 0) is 31.2 Å². The molecule has 20 heavy (non-hydrogen) atoms. The molecule has 2 atom stereocenters. The smallest absolute Gasteiger partial charge is 0.127 e. The molecule has 3 nitrogen and oxygen atoms in total. The summed E-state index contributed by atoms with van der Waals surface area (Å²) in [7, 11) is 3.39. The fourth-order valence-electron chi connectivity index (χ4n) is 3.20. The van der Waals surface area contributed by atoms with Crippen molar-refractivity contribution in [3.63, 3.8) is 0 Å². The minimum absolute atomic E-state index is 0.276. The number of methoxy groups -OCH3 is 2. The Kier molecular flexibility index (Phi) is 4.59. The van der Waals surface area contributed by atoms with Crippen LogP contribution in [-0.2, 0) is 0 Å². The van der Waals surface area contributed by atoms with E-state index in [9.17, 15) is 0 Å². The molecule has 0 radical (unpaired) electrons. The second kappa shape index (κ2) is 6.04. The zero-order chi connectivity index (χ0) is 14.8. The fourth-order valence-corrected chi connectivity index (χ4v) is 3.20. The van der Waals surface area contributed by atoms with Crippen molar-refractivity contribution >= 4 is 0 Å². The van der Waals surface area contributed by atoms with E-state index < -0.39 is 0 Å². The minimum Gasteiger partial charge on any atom is -0.497 e. The first-order chi connectivity index (χ1) is 9.47. The Labute approximate surface area is 122 Å². The van der Waals surface area contributed by atoms with Gasteiger partial charge in [0.05, 0.1) is 14.2 Å².